The lowest BCUT2D eigenvalue weighted by Gasteiger charge is -2.14. The Morgan fingerprint density at radius 3 is 2.65 bits per heavy atom. The Bertz CT molecular complexity index is 588. The maximum Gasteiger partial charge on any atom is 0.0648 e. The van der Waals surface area contributed by atoms with Crippen molar-refractivity contribution in [2.45, 2.75) is 52.0 Å². The van der Waals surface area contributed by atoms with Crippen LogP contribution in [-0.4, -0.2) is 0 Å². The van der Waals surface area contributed by atoms with E-state index < -0.39 is 0 Å². The average molecular weight is 285 g/mol. The van der Waals surface area contributed by atoms with Gasteiger partial charge in [-0.25, -0.2) is 0 Å². The van der Waals surface area contributed by atoms with Gasteiger partial charge >= 0.3 is 0 Å². The highest BCUT2D eigenvalue weighted by Gasteiger charge is 2.18. The van der Waals surface area contributed by atoms with Gasteiger partial charge in [0.2, 0.25) is 0 Å². The van der Waals surface area contributed by atoms with Gasteiger partial charge in [0, 0.05) is 9.75 Å². The minimum absolute atomic E-state index is 0.0347. The maximum atomic E-state index is 6.53. The fourth-order valence-electron chi connectivity index (χ4n) is 3.17. The summed E-state index contributed by atoms with van der Waals surface area (Å²) in [7, 11) is 0. The van der Waals surface area contributed by atoms with Gasteiger partial charge in [0.05, 0.1) is 6.04 Å². The topological polar surface area (TPSA) is 26.0 Å². The third-order valence-electron chi connectivity index (χ3n) is 4.33. The van der Waals surface area contributed by atoms with Crippen molar-refractivity contribution in [3.63, 3.8) is 0 Å². The van der Waals surface area contributed by atoms with E-state index >= 15 is 0 Å². The van der Waals surface area contributed by atoms with E-state index in [0.717, 1.165) is 0 Å². The second-order valence-electron chi connectivity index (χ2n) is 6.00. The number of fused-ring (bicyclic) bond motifs is 1. The van der Waals surface area contributed by atoms with E-state index in [1.807, 2.05) is 11.3 Å². The summed E-state index contributed by atoms with van der Waals surface area (Å²) in [4.78, 5) is 2.92. The molecule has 1 aliphatic carbocycles. The van der Waals surface area contributed by atoms with Crippen molar-refractivity contribution in [2.24, 2.45) is 5.73 Å². The molecule has 2 heteroatoms. The summed E-state index contributed by atoms with van der Waals surface area (Å²) in [6.07, 6.45) is 6.54. The molecule has 1 aromatic carbocycles. The Morgan fingerprint density at radius 2 is 1.85 bits per heavy atom. The molecule has 0 fully saturated rings. The highest BCUT2D eigenvalue weighted by Crippen LogP contribution is 2.34. The molecule has 1 heterocycles. The van der Waals surface area contributed by atoms with Crippen molar-refractivity contribution >= 4 is 11.3 Å². The average Bonchev–Trinajstić information content (AvgIpc) is 2.69. The minimum atomic E-state index is 0.0347. The summed E-state index contributed by atoms with van der Waals surface area (Å²) < 4.78 is 0. The molecule has 0 bridgehead atoms. The van der Waals surface area contributed by atoms with Crippen LogP contribution in [0.2, 0.25) is 0 Å². The first-order valence-corrected chi connectivity index (χ1v) is 8.41. The number of hydrogen-bond acceptors (Lipinski definition) is 2. The lowest BCUT2D eigenvalue weighted by molar-refractivity contribution is 0.712. The molecule has 106 valence electrons. The van der Waals surface area contributed by atoms with E-state index in [1.54, 1.807) is 10.4 Å². The van der Waals surface area contributed by atoms with Crippen molar-refractivity contribution in [2.75, 3.05) is 0 Å². The van der Waals surface area contributed by atoms with Crippen molar-refractivity contribution < 1.29 is 0 Å². The van der Waals surface area contributed by atoms with E-state index in [9.17, 15) is 0 Å². The molecule has 1 aliphatic rings. The van der Waals surface area contributed by atoms with Gasteiger partial charge in [0.1, 0.15) is 0 Å². The van der Waals surface area contributed by atoms with Crippen LogP contribution in [0.5, 0.6) is 0 Å². The second-order valence-corrected chi connectivity index (χ2v) is 7.16. The molecule has 1 atom stereocenters. The minimum Gasteiger partial charge on any atom is -0.320 e. The van der Waals surface area contributed by atoms with Crippen LogP contribution >= 0.6 is 11.3 Å². The molecule has 20 heavy (non-hydrogen) atoms. The summed E-state index contributed by atoms with van der Waals surface area (Å²) in [5.41, 5.74) is 12.0. The Balaban J connectivity index is 1.92. The molecule has 1 aromatic heterocycles. The summed E-state index contributed by atoms with van der Waals surface area (Å²) in [5.74, 6) is 0. The number of aryl methyl sites for hydroxylation is 4. The van der Waals surface area contributed by atoms with Crippen LogP contribution < -0.4 is 5.73 Å². The lowest BCUT2D eigenvalue weighted by atomic mass is 9.98. The first-order chi connectivity index (χ1) is 9.65. The van der Waals surface area contributed by atoms with E-state index in [2.05, 4.69) is 38.1 Å². The normalized spacial score (nSPS) is 16.6. The summed E-state index contributed by atoms with van der Waals surface area (Å²) >= 11 is 1.94. The highest BCUT2D eigenvalue weighted by molar-refractivity contribution is 7.12. The van der Waals surface area contributed by atoms with Crippen LogP contribution in [0, 0.1) is 13.8 Å². The van der Waals surface area contributed by atoms with Gasteiger partial charge in [-0.3, -0.25) is 0 Å². The van der Waals surface area contributed by atoms with E-state index in [1.165, 1.54) is 53.7 Å². The zero-order chi connectivity index (χ0) is 14.1. The molecule has 2 N–H and O–H groups in total. The first kappa shape index (κ1) is 13.8. The lowest BCUT2D eigenvalue weighted by Crippen LogP contribution is -2.11. The van der Waals surface area contributed by atoms with Gasteiger partial charge in [0.15, 0.2) is 0 Å². The van der Waals surface area contributed by atoms with Gasteiger partial charge in [-0.15, -0.1) is 11.3 Å². The van der Waals surface area contributed by atoms with Crippen LogP contribution in [0.1, 0.15) is 57.3 Å². The monoisotopic (exact) mass is 285 g/mol. The summed E-state index contributed by atoms with van der Waals surface area (Å²) in [5, 5.41) is 0. The second kappa shape index (κ2) is 5.71. The number of nitrogens with two attached hydrogens (primary N) is 1. The smallest absolute Gasteiger partial charge is 0.0648 e. The van der Waals surface area contributed by atoms with Crippen LogP contribution in [0.4, 0.5) is 0 Å². The van der Waals surface area contributed by atoms with Gasteiger partial charge in [0.25, 0.3) is 0 Å². The largest absolute Gasteiger partial charge is 0.320 e. The molecular weight excluding hydrogens is 262 g/mol. The molecular formula is C18H23NS. The maximum absolute atomic E-state index is 6.53. The van der Waals surface area contributed by atoms with Crippen LogP contribution in [0.25, 0.3) is 0 Å². The zero-order valence-electron chi connectivity index (χ0n) is 12.4. The highest BCUT2D eigenvalue weighted by atomic mass is 32.1. The fourth-order valence-corrected chi connectivity index (χ4v) is 4.45. The Morgan fingerprint density at radius 1 is 1.05 bits per heavy atom. The molecule has 1 nitrogen and oxygen atoms in total. The van der Waals surface area contributed by atoms with Crippen molar-refractivity contribution in [3.8, 4) is 0 Å². The predicted octanol–water partition coefficient (Wildman–Crippen LogP) is 4.68. The van der Waals surface area contributed by atoms with Crippen molar-refractivity contribution in [3.05, 3.63) is 56.3 Å². The van der Waals surface area contributed by atoms with Gasteiger partial charge in [-0.2, -0.15) is 0 Å². The third-order valence-corrected chi connectivity index (χ3v) is 5.65. The van der Waals surface area contributed by atoms with Gasteiger partial charge in [-0.05, 0) is 62.3 Å². The molecule has 0 saturated heterocycles. The Kier molecular flexibility index (Phi) is 3.95. The molecule has 0 saturated carbocycles. The molecule has 0 amide bonds. The number of thiophene rings is 1. The standard InChI is InChI=1S/C18H23NS/c1-12-8-9-15(13(2)10-12)18(19)17-11-14-6-4-3-5-7-16(14)20-17/h8-11,18H,3-7,19H2,1-2H3. The van der Waals surface area contributed by atoms with Crippen molar-refractivity contribution in [1.82, 2.24) is 0 Å². The fraction of sp³-hybridized carbons (Fsp3) is 0.444. The van der Waals surface area contributed by atoms with Gasteiger partial charge in [-0.1, -0.05) is 30.2 Å². The molecule has 3 rings (SSSR count). The Hall–Kier alpha value is -1.12. The van der Waals surface area contributed by atoms with Crippen molar-refractivity contribution in [1.29, 1.82) is 0 Å². The van der Waals surface area contributed by atoms with Gasteiger partial charge < -0.3 is 5.73 Å². The molecule has 0 spiro atoms. The molecule has 2 aromatic rings. The summed E-state index contributed by atoms with van der Waals surface area (Å²) in [6, 6.07) is 9.00. The first-order valence-electron chi connectivity index (χ1n) is 7.59. The molecule has 0 radical (unpaired) electrons. The van der Waals surface area contributed by atoms with Crippen LogP contribution in [0.15, 0.2) is 24.3 Å². The quantitative estimate of drug-likeness (QED) is 0.796. The summed E-state index contributed by atoms with van der Waals surface area (Å²) in [6.45, 7) is 4.30. The van der Waals surface area contributed by atoms with Crippen LogP contribution in [-0.2, 0) is 12.8 Å². The third kappa shape index (κ3) is 2.68. The molecule has 1 unspecified atom stereocenters. The zero-order valence-corrected chi connectivity index (χ0v) is 13.2. The number of benzene rings is 1. The van der Waals surface area contributed by atoms with E-state index in [0.29, 0.717) is 0 Å². The SMILES string of the molecule is Cc1ccc(C(N)c2cc3c(s2)CCCCC3)c(C)c1. The van der Waals surface area contributed by atoms with E-state index in [4.69, 9.17) is 5.73 Å². The van der Waals surface area contributed by atoms with E-state index in [-0.39, 0.29) is 6.04 Å². The number of rotatable bonds is 2. The Labute approximate surface area is 125 Å². The van der Waals surface area contributed by atoms with Crippen LogP contribution in [0.3, 0.4) is 0 Å². The molecule has 0 aliphatic heterocycles. The number of hydrogen-bond donors (Lipinski definition) is 1. The predicted molar refractivity (Wildman–Crippen MR) is 87.5 cm³/mol.